The molecule has 1 saturated carbocycles. The van der Waals surface area contributed by atoms with Gasteiger partial charge in [-0.25, -0.2) is 0 Å². The lowest BCUT2D eigenvalue weighted by Crippen LogP contribution is -2.52. The molecule has 0 saturated heterocycles. The Hall–Kier alpha value is -0.520. The highest BCUT2D eigenvalue weighted by molar-refractivity contribution is 5.05. The summed E-state index contributed by atoms with van der Waals surface area (Å²) < 4.78 is 6.23. The fraction of sp³-hybridized carbons (Fsp3) is 0.875. The minimum Gasteiger partial charge on any atom is -0.374 e. The summed E-state index contributed by atoms with van der Waals surface area (Å²) >= 11 is 0. The Labute approximate surface area is 113 Å². The summed E-state index contributed by atoms with van der Waals surface area (Å²) in [4.78, 5) is 0. The molecule has 0 spiro atoms. The normalized spacial score (nSPS) is 20.6. The Kier molecular flexibility index (Phi) is 7.39. The van der Waals surface area contributed by atoms with E-state index < -0.39 is 0 Å². The van der Waals surface area contributed by atoms with Gasteiger partial charge in [-0.05, 0) is 33.2 Å². The number of hydrogen-bond donors (Lipinski definition) is 1. The van der Waals surface area contributed by atoms with Crippen molar-refractivity contribution < 1.29 is 4.74 Å². The monoisotopic (exact) mass is 251 g/mol. The van der Waals surface area contributed by atoms with E-state index in [0.717, 1.165) is 19.6 Å². The van der Waals surface area contributed by atoms with Gasteiger partial charge in [0.2, 0.25) is 0 Å². The van der Waals surface area contributed by atoms with Crippen molar-refractivity contribution >= 4 is 0 Å². The number of nitrogens with one attached hydrogen (secondary N) is 1. The van der Waals surface area contributed by atoms with Crippen LogP contribution in [0.15, 0.2) is 0 Å². The van der Waals surface area contributed by atoms with Crippen LogP contribution >= 0.6 is 0 Å². The minimum absolute atomic E-state index is 0.0190. The first-order valence-corrected chi connectivity index (χ1v) is 7.56. The summed E-state index contributed by atoms with van der Waals surface area (Å²) in [5, 5.41) is 3.61. The second-order valence-electron chi connectivity index (χ2n) is 5.15. The molecular formula is C16H29NO. The average Bonchev–Trinajstić information content (AvgIpc) is 2.61. The summed E-state index contributed by atoms with van der Waals surface area (Å²) in [6, 6.07) is 0.382. The highest BCUT2D eigenvalue weighted by Gasteiger charge is 2.38. The fourth-order valence-electron chi connectivity index (χ4n) is 3.10. The van der Waals surface area contributed by atoms with Crippen LogP contribution in [0.5, 0.6) is 0 Å². The highest BCUT2D eigenvalue weighted by atomic mass is 16.5. The van der Waals surface area contributed by atoms with Crippen molar-refractivity contribution in [2.75, 3.05) is 13.2 Å². The molecule has 1 N–H and O–H groups in total. The van der Waals surface area contributed by atoms with Gasteiger partial charge >= 0.3 is 0 Å². The summed E-state index contributed by atoms with van der Waals surface area (Å²) in [7, 11) is 0. The Morgan fingerprint density at radius 1 is 1.17 bits per heavy atom. The third-order valence-electron chi connectivity index (χ3n) is 3.95. The number of likely N-dealkylation sites (N-methyl/N-ethyl adjacent to an activating group) is 1. The SMILES string of the molecule is CC#CCC(NCC)C1(OCC)CCCCCC1. The average molecular weight is 251 g/mol. The van der Waals surface area contributed by atoms with Gasteiger partial charge in [-0.1, -0.05) is 32.6 Å². The Balaban J connectivity index is 2.83. The maximum absolute atomic E-state index is 6.23. The largest absolute Gasteiger partial charge is 0.374 e. The summed E-state index contributed by atoms with van der Waals surface area (Å²) in [5.74, 6) is 6.27. The standard InChI is InChI=1S/C16H29NO/c1-4-7-12-15(17-5-2)16(18-6-3)13-10-8-9-11-14-16/h15,17H,5-6,8-14H2,1-3H3. The first-order valence-electron chi connectivity index (χ1n) is 7.56. The van der Waals surface area contributed by atoms with Gasteiger partial charge in [0.15, 0.2) is 0 Å². The molecule has 0 aromatic rings. The van der Waals surface area contributed by atoms with Crippen LogP contribution in [0, 0.1) is 11.8 Å². The molecule has 0 amide bonds. The van der Waals surface area contributed by atoms with E-state index in [-0.39, 0.29) is 5.60 Å². The molecule has 1 aliphatic rings. The van der Waals surface area contributed by atoms with Gasteiger partial charge in [-0.3, -0.25) is 0 Å². The molecule has 1 fully saturated rings. The molecule has 1 rings (SSSR count). The molecule has 2 nitrogen and oxygen atoms in total. The molecule has 1 atom stereocenters. The topological polar surface area (TPSA) is 21.3 Å². The Morgan fingerprint density at radius 2 is 1.83 bits per heavy atom. The van der Waals surface area contributed by atoms with Crippen LogP contribution in [0.25, 0.3) is 0 Å². The van der Waals surface area contributed by atoms with Gasteiger partial charge in [0.25, 0.3) is 0 Å². The van der Waals surface area contributed by atoms with Crippen LogP contribution in [0.3, 0.4) is 0 Å². The first kappa shape index (κ1) is 15.5. The third-order valence-corrected chi connectivity index (χ3v) is 3.95. The molecular weight excluding hydrogens is 222 g/mol. The molecule has 18 heavy (non-hydrogen) atoms. The molecule has 0 bridgehead atoms. The van der Waals surface area contributed by atoms with Crippen molar-refractivity contribution in [3.63, 3.8) is 0 Å². The van der Waals surface area contributed by atoms with Crippen molar-refractivity contribution in [2.45, 2.75) is 77.4 Å². The van der Waals surface area contributed by atoms with Crippen molar-refractivity contribution in [3.8, 4) is 11.8 Å². The quantitative estimate of drug-likeness (QED) is 0.576. The summed E-state index contributed by atoms with van der Waals surface area (Å²) in [6.07, 6.45) is 8.57. The molecule has 1 aliphatic carbocycles. The molecule has 0 radical (unpaired) electrons. The zero-order chi connectivity index (χ0) is 13.3. The van der Waals surface area contributed by atoms with Crippen LogP contribution in [0.4, 0.5) is 0 Å². The molecule has 2 heteroatoms. The van der Waals surface area contributed by atoms with Crippen molar-refractivity contribution in [2.24, 2.45) is 0 Å². The molecule has 0 aromatic carbocycles. The minimum atomic E-state index is 0.0190. The van der Waals surface area contributed by atoms with Crippen LogP contribution in [0.1, 0.15) is 65.7 Å². The van der Waals surface area contributed by atoms with E-state index in [4.69, 9.17) is 4.74 Å². The fourth-order valence-corrected chi connectivity index (χ4v) is 3.10. The molecule has 0 aliphatic heterocycles. The Bertz CT molecular complexity index is 269. The Morgan fingerprint density at radius 3 is 2.33 bits per heavy atom. The van der Waals surface area contributed by atoms with E-state index in [1.54, 1.807) is 0 Å². The van der Waals surface area contributed by atoms with Crippen LogP contribution in [0.2, 0.25) is 0 Å². The van der Waals surface area contributed by atoms with Crippen molar-refractivity contribution in [1.82, 2.24) is 5.32 Å². The van der Waals surface area contributed by atoms with E-state index >= 15 is 0 Å². The van der Waals surface area contributed by atoms with Crippen LogP contribution in [-0.2, 0) is 4.74 Å². The van der Waals surface area contributed by atoms with Crippen molar-refractivity contribution in [3.05, 3.63) is 0 Å². The molecule has 0 aromatic heterocycles. The predicted molar refractivity (Wildman–Crippen MR) is 77.6 cm³/mol. The maximum Gasteiger partial charge on any atom is 0.0843 e. The van der Waals surface area contributed by atoms with E-state index in [2.05, 4.69) is 31.0 Å². The van der Waals surface area contributed by atoms with Gasteiger partial charge in [0.05, 0.1) is 5.60 Å². The summed E-state index contributed by atoms with van der Waals surface area (Å²) in [6.45, 7) is 8.00. The predicted octanol–water partition coefficient (Wildman–Crippen LogP) is 3.51. The van der Waals surface area contributed by atoms with Gasteiger partial charge in [0.1, 0.15) is 0 Å². The van der Waals surface area contributed by atoms with Gasteiger partial charge in [0, 0.05) is 19.1 Å². The summed E-state index contributed by atoms with van der Waals surface area (Å²) in [5.41, 5.74) is 0.0190. The van der Waals surface area contributed by atoms with E-state index in [1.165, 1.54) is 38.5 Å². The second kappa shape index (κ2) is 8.56. The maximum atomic E-state index is 6.23. The van der Waals surface area contributed by atoms with E-state index in [1.807, 2.05) is 6.92 Å². The first-order chi connectivity index (χ1) is 8.79. The lowest BCUT2D eigenvalue weighted by molar-refractivity contribution is -0.0754. The van der Waals surface area contributed by atoms with Gasteiger partial charge < -0.3 is 10.1 Å². The number of ether oxygens (including phenoxy) is 1. The van der Waals surface area contributed by atoms with E-state index in [9.17, 15) is 0 Å². The van der Waals surface area contributed by atoms with Crippen molar-refractivity contribution in [1.29, 1.82) is 0 Å². The zero-order valence-electron chi connectivity index (χ0n) is 12.3. The van der Waals surface area contributed by atoms with E-state index in [0.29, 0.717) is 6.04 Å². The molecule has 104 valence electrons. The number of rotatable bonds is 6. The smallest absolute Gasteiger partial charge is 0.0843 e. The number of hydrogen-bond acceptors (Lipinski definition) is 2. The van der Waals surface area contributed by atoms with Crippen LogP contribution < -0.4 is 5.32 Å². The molecule has 0 heterocycles. The highest BCUT2D eigenvalue weighted by Crippen LogP contribution is 2.34. The van der Waals surface area contributed by atoms with Gasteiger partial charge in [-0.15, -0.1) is 11.8 Å². The second-order valence-corrected chi connectivity index (χ2v) is 5.15. The molecule has 1 unspecified atom stereocenters. The van der Waals surface area contributed by atoms with Gasteiger partial charge in [-0.2, -0.15) is 0 Å². The lowest BCUT2D eigenvalue weighted by atomic mass is 9.84. The van der Waals surface area contributed by atoms with Crippen LogP contribution in [-0.4, -0.2) is 24.8 Å². The zero-order valence-corrected chi connectivity index (χ0v) is 12.3. The lowest BCUT2D eigenvalue weighted by Gasteiger charge is -2.40. The third kappa shape index (κ3) is 4.30.